The third kappa shape index (κ3) is 5.77. The maximum atomic E-state index is 12.3. The number of amides is 1. The topological polar surface area (TPSA) is 72.9 Å². The highest BCUT2D eigenvalue weighted by Crippen LogP contribution is 2.24. The molecule has 2 aromatic carbocycles. The molecule has 0 aliphatic heterocycles. The lowest BCUT2D eigenvalue weighted by Gasteiger charge is -2.26. The van der Waals surface area contributed by atoms with E-state index in [1.165, 1.54) is 12.1 Å². The van der Waals surface area contributed by atoms with Crippen LogP contribution in [-0.2, 0) is 21.4 Å². The first kappa shape index (κ1) is 19.8. The molecule has 0 saturated heterocycles. The lowest BCUT2D eigenvalue weighted by molar-refractivity contribution is 0.0609. The molecule has 6 nitrogen and oxygen atoms in total. The number of carbonyl (C=O) groups is 1. The van der Waals surface area contributed by atoms with Gasteiger partial charge in [0.15, 0.2) is 0 Å². The van der Waals surface area contributed by atoms with Crippen molar-refractivity contribution in [1.29, 1.82) is 0 Å². The number of rotatable bonds is 5. The third-order valence-electron chi connectivity index (χ3n) is 3.21. The van der Waals surface area contributed by atoms with Gasteiger partial charge in [0.2, 0.25) is 10.0 Å². The standard InChI is InChI=1S/C19H23NO5S/c1-19(2,3)25-18(21)20(26(4,22)23)16-10-12-17(13-11-16)24-14-15-8-6-5-7-9-15/h5-13H,14H2,1-4H3. The van der Waals surface area contributed by atoms with Crippen molar-refractivity contribution in [1.82, 2.24) is 0 Å². The van der Waals surface area contributed by atoms with Gasteiger partial charge in [-0.15, -0.1) is 0 Å². The van der Waals surface area contributed by atoms with Crippen molar-refractivity contribution in [3.63, 3.8) is 0 Å². The maximum Gasteiger partial charge on any atom is 0.428 e. The van der Waals surface area contributed by atoms with E-state index < -0.39 is 21.7 Å². The summed E-state index contributed by atoms with van der Waals surface area (Å²) in [5.74, 6) is 0.565. The zero-order valence-electron chi connectivity index (χ0n) is 15.3. The Hall–Kier alpha value is -2.54. The zero-order valence-corrected chi connectivity index (χ0v) is 16.1. The van der Waals surface area contributed by atoms with Crippen LogP contribution in [0.5, 0.6) is 5.75 Å². The highest BCUT2D eigenvalue weighted by molar-refractivity contribution is 7.92. The second kappa shape index (κ2) is 7.78. The van der Waals surface area contributed by atoms with Gasteiger partial charge in [-0.2, -0.15) is 4.31 Å². The SMILES string of the molecule is CC(C)(C)OC(=O)N(c1ccc(OCc2ccccc2)cc1)S(C)(=O)=O. The second-order valence-corrected chi connectivity index (χ2v) is 8.61. The van der Waals surface area contributed by atoms with Gasteiger partial charge in [-0.25, -0.2) is 13.2 Å². The number of hydrogen-bond acceptors (Lipinski definition) is 5. The highest BCUT2D eigenvalue weighted by atomic mass is 32.2. The van der Waals surface area contributed by atoms with Crippen LogP contribution < -0.4 is 9.04 Å². The molecular weight excluding hydrogens is 354 g/mol. The Morgan fingerprint density at radius 3 is 2.08 bits per heavy atom. The van der Waals surface area contributed by atoms with Crippen molar-refractivity contribution in [2.24, 2.45) is 0 Å². The van der Waals surface area contributed by atoms with Gasteiger partial charge in [0, 0.05) is 0 Å². The number of nitrogens with zero attached hydrogens (tertiary/aromatic N) is 1. The predicted molar refractivity (Wildman–Crippen MR) is 101 cm³/mol. The van der Waals surface area contributed by atoms with E-state index in [1.807, 2.05) is 30.3 Å². The molecule has 0 fully saturated rings. The Labute approximate surface area is 154 Å². The minimum atomic E-state index is -3.84. The number of ether oxygens (including phenoxy) is 2. The normalized spacial score (nSPS) is 11.7. The van der Waals surface area contributed by atoms with Crippen LogP contribution in [0, 0.1) is 0 Å². The Morgan fingerprint density at radius 2 is 1.58 bits per heavy atom. The van der Waals surface area contributed by atoms with E-state index in [-0.39, 0.29) is 5.69 Å². The second-order valence-electron chi connectivity index (χ2n) is 6.78. The third-order valence-corrected chi connectivity index (χ3v) is 4.23. The van der Waals surface area contributed by atoms with Crippen LogP contribution in [0.1, 0.15) is 26.3 Å². The molecule has 0 bridgehead atoms. The first-order valence-corrected chi connectivity index (χ1v) is 9.91. The number of hydrogen-bond donors (Lipinski definition) is 0. The summed E-state index contributed by atoms with van der Waals surface area (Å²) < 4.78 is 35.6. The molecule has 0 spiro atoms. The van der Waals surface area contributed by atoms with Gasteiger partial charge in [-0.1, -0.05) is 30.3 Å². The molecule has 0 atom stereocenters. The van der Waals surface area contributed by atoms with E-state index in [2.05, 4.69) is 0 Å². The molecule has 0 aromatic heterocycles. The summed E-state index contributed by atoms with van der Waals surface area (Å²) in [6.07, 6.45) is 0.00875. The Kier molecular flexibility index (Phi) is 5.92. The molecule has 0 aliphatic rings. The van der Waals surface area contributed by atoms with Gasteiger partial charge in [0.1, 0.15) is 18.0 Å². The van der Waals surface area contributed by atoms with Gasteiger partial charge < -0.3 is 9.47 Å². The molecular formula is C19H23NO5S. The van der Waals surface area contributed by atoms with Gasteiger partial charge >= 0.3 is 6.09 Å². The summed E-state index contributed by atoms with van der Waals surface area (Å²) in [6.45, 7) is 5.41. The van der Waals surface area contributed by atoms with Crippen LogP contribution in [0.3, 0.4) is 0 Å². The fourth-order valence-corrected chi connectivity index (χ4v) is 2.97. The van der Waals surface area contributed by atoms with Crippen molar-refractivity contribution < 1.29 is 22.7 Å². The summed E-state index contributed by atoms with van der Waals surface area (Å²) >= 11 is 0. The van der Waals surface area contributed by atoms with Crippen LogP contribution in [0.25, 0.3) is 0 Å². The fraction of sp³-hybridized carbons (Fsp3) is 0.316. The molecule has 140 valence electrons. The molecule has 0 radical (unpaired) electrons. The molecule has 0 saturated carbocycles. The minimum Gasteiger partial charge on any atom is -0.489 e. The predicted octanol–water partition coefficient (Wildman–Crippen LogP) is 3.97. The Bertz CT molecular complexity index is 840. The highest BCUT2D eigenvalue weighted by Gasteiger charge is 2.30. The maximum absolute atomic E-state index is 12.3. The summed E-state index contributed by atoms with van der Waals surface area (Å²) in [5, 5.41) is 0. The molecule has 7 heteroatoms. The molecule has 0 heterocycles. The van der Waals surface area contributed by atoms with Crippen LogP contribution in [0.2, 0.25) is 0 Å². The minimum absolute atomic E-state index is 0.189. The van der Waals surface area contributed by atoms with Crippen molar-refractivity contribution in [2.45, 2.75) is 33.0 Å². The molecule has 0 unspecified atom stereocenters. The first-order chi connectivity index (χ1) is 12.1. The lowest BCUT2D eigenvalue weighted by Crippen LogP contribution is -2.40. The van der Waals surface area contributed by atoms with Crippen LogP contribution >= 0.6 is 0 Å². The fourth-order valence-electron chi connectivity index (χ4n) is 2.15. The number of carbonyl (C=O) groups excluding carboxylic acids is 1. The molecule has 1 amide bonds. The molecule has 2 rings (SSSR count). The van der Waals surface area contributed by atoms with E-state index in [4.69, 9.17) is 9.47 Å². The number of anilines is 1. The quantitative estimate of drug-likeness (QED) is 0.788. The summed E-state index contributed by atoms with van der Waals surface area (Å²) in [5.41, 5.74) is 0.399. The van der Waals surface area contributed by atoms with E-state index in [0.717, 1.165) is 11.8 Å². The number of benzene rings is 2. The van der Waals surface area contributed by atoms with Crippen molar-refractivity contribution in [3.05, 3.63) is 60.2 Å². The van der Waals surface area contributed by atoms with E-state index in [1.54, 1.807) is 32.9 Å². The average molecular weight is 377 g/mol. The molecule has 0 N–H and O–H groups in total. The van der Waals surface area contributed by atoms with Crippen LogP contribution in [0.15, 0.2) is 54.6 Å². The van der Waals surface area contributed by atoms with E-state index in [9.17, 15) is 13.2 Å². The summed E-state index contributed by atoms with van der Waals surface area (Å²) in [4.78, 5) is 12.3. The molecule has 0 aliphatic carbocycles. The average Bonchev–Trinajstić information content (AvgIpc) is 2.52. The smallest absolute Gasteiger partial charge is 0.428 e. The largest absolute Gasteiger partial charge is 0.489 e. The lowest BCUT2D eigenvalue weighted by atomic mass is 10.2. The van der Waals surface area contributed by atoms with Crippen LogP contribution in [0.4, 0.5) is 10.5 Å². The van der Waals surface area contributed by atoms with Crippen molar-refractivity contribution in [2.75, 3.05) is 10.6 Å². The first-order valence-electron chi connectivity index (χ1n) is 8.06. The molecule has 26 heavy (non-hydrogen) atoms. The van der Waals surface area contributed by atoms with Gasteiger partial charge in [0.25, 0.3) is 0 Å². The Morgan fingerprint density at radius 1 is 1.00 bits per heavy atom. The van der Waals surface area contributed by atoms with Crippen LogP contribution in [-0.4, -0.2) is 26.4 Å². The van der Waals surface area contributed by atoms with E-state index in [0.29, 0.717) is 16.7 Å². The summed E-state index contributed by atoms with van der Waals surface area (Å²) in [6, 6.07) is 15.9. The molecule has 2 aromatic rings. The van der Waals surface area contributed by atoms with Gasteiger partial charge in [0.05, 0.1) is 11.9 Å². The van der Waals surface area contributed by atoms with E-state index >= 15 is 0 Å². The van der Waals surface area contributed by atoms with Gasteiger partial charge in [-0.05, 0) is 50.6 Å². The van der Waals surface area contributed by atoms with Gasteiger partial charge in [-0.3, -0.25) is 0 Å². The zero-order chi connectivity index (χ0) is 19.4. The van der Waals surface area contributed by atoms with Crippen molar-refractivity contribution in [3.8, 4) is 5.75 Å². The van der Waals surface area contributed by atoms with Crippen molar-refractivity contribution >= 4 is 21.8 Å². The summed E-state index contributed by atoms with van der Waals surface area (Å²) in [7, 11) is -3.84. The monoisotopic (exact) mass is 377 g/mol. The number of sulfonamides is 1. The Balaban J connectivity index is 2.16.